The van der Waals surface area contributed by atoms with Crippen molar-refractivity contribution in [1.29, 1.82) is 0 Å². The van der Waals surface area contributed by atoms with E-state index in [-0.39, 0.29) is 6.03 Å². The minimum absolute atomic E-state index is 0.325. The van der Waals surface area contributed by atoms with Crippen LogP contribution in [-0.2, 0) is 0 Å². The maximum atomic E-state index is 11.7. The van der Waals surface area contributed by atoms with Gasteiger partial charge in [0.1, 0.15) is 5.75 Å². The van der Waals surface area contributed by atoms with Crippen molar-refractivity contribution in [1.82, 2.24) is 5.32 Å². The number of halogens is 1. The smallest absolute Gasteiger partial charge is 0.323 e. The van der Waals surface area contributed by atoms with Crippen LogP contribution in [-0.4, -0.2) is 13.1 Å². The molecule has 0 unspecified atom stereocenters. The third-order valence-electron chi connectivity index (χ3n) is 2.69. The average Bonchev–Trinajstić information content (AvgIpc) is 2.49. The van der Waals surface area contributed by atoms with Crippen molar-refractivity contribution in [3.8, 4) is 5.75 Å². The highest BCUT2D eigenvalue weighted by atomic mass is 35.5. The first-order chi connectivity index (χ1) is 10.2. The minimum atomic E-state index is -0.325. The number of hydrogen-bond acceptors (Lipinski definition) is 2. The SMILES string of the molecule is COc1cccc(NC(=O)N/C=C/c2ccc(Cl)cc2)c1. The minimum Gasteiger partial charge on any atom is -0.497 e. The number of carbonyl (C=O) groups is 1. The second kappa shape index (κ2) is 7.36. The van der Waals surface area contributed by atoms with E-state index in [4.69, 9.17) is 16.3 Å². The van der Waals surface area contributed by atoms with Crippen LogP contribution in [0.2, 0.25) is 5.02 Å². The Balaban J connectivity index is 1.88. The van der Waals surface area contributed by atoms with Gasteiger partial charge in [0.25, 0.3) is 0 Å². The Bertz CT molecular complexity index is 639. The molecule has 0 saturated heterocycles. The van der Waals surface area contributed by atoms with Crippen molar-refractivity contribution in [3.05, 3.63) is 65.3 Å². The van der Waals surface area contributed by atoms with Crippen molar-refractivity contribution >= 4 is 29.4 Å². The van der Waals surface area contributed by atoms with Gasteiger partial charge in [-0.2, -0.15) is 0 Å². The number of rotatable bonds is 4. The van der Waals surface area contributed by atoms with Crippen LogP contribution in [0.3, 0.4) is 0 Å². The van der Waals surface area contributed by atoms with Crippen molar-refractivity contribution in [2.75, 3.05) is 12.4 Å². The quantitative estimate of drug-likeness (QED) is 0.891. The van der Waals surface area contributed by atoms with Gasteiger partial charge in [-0.1, -0.05) is 29.8 Å². The number of nitrogens with one attached hydrogen (secondary N) is 2. The molecular formula is C16H15ClN2O2. The highest BCUT2D eigenvalue weighted by Crippen LogP contribution is 2.16. The average molecular weight is 303 g/mol. The number of benzene rings is 2. The Morgan fingerprint density at radius 1 is 1.19 bits per heavy atom. The monoisotopic (exact) mass is 302 g/mol. The molecule has 0 aromatic heterocycles. The molecule has 0 aliphatic rings. The molecule has 0 radical (unpaired) electrons. The fourth-order valence-corrected chi connectivity index (χ4v) is 1.78. The van der Waals surface area contributed by atoms with Crippen LogP contribution in [0.25, 0.3) is 6.08 Å². The largest absolute Gasteiger partial charge is 0.497 e. The van der Waals surface area contributed by atoms with E-state index in [9.17, 15) is 4.79 Å². The molecule has 0 spiro atoms. The zero-order chi connectivity index (χ0) is 15.1. The van der Waals surface area contributed by atoms with E-state index in [1.807, 2.05) is 18.2 Å². The molecule has 2 rings (SSSR count). The Hall–Kier alpha value is -2.46. The first-order valence-electron chi connectivity index (χ1n) is 6.31. The summed E-state index contributed by atoms with van der Waals surface area (Å²) in [6, 6.07) is 14.1. The summed E-state index contributed by atoms with van der Waals surface area (Å²) in [7, 11) is 1.58. The van der Waals surface area contributed by atoms with Crippen LogP contribution >= 0.6 is 11.6 Å². The van der Waals surface area contributed by atoms with Gasteiger partial charge >= 0.3 is 6.03 Å². The first-order valence-corrected chi connectivity index (χ1v) is 6.69. The molecule has 2 N–H and O–H groups in total. The molecule has 2 aromatic rings. The van der Waals surface area contributed by atoms with Crippen LogP contribution in [0.15, 0.2) is 54.7 Å². The van der Waals surface area contributed by atoms with E-state index < -0.39 is 0 Å². The summed E-state index contributed by atoms with van der Waals surface area (Å²) < 4.78 is 5.09. The molecular weight excluding hydrogens is 288 g/mol. The summed E-state index contributed by atoms with van der Waals surface area (Å²) in [5, 5.41) is 6.01. The van der Waals surface area contributed by atoms with E-state index in [1.54, 1.807) is 49.7 Å². The predicted octanol–water partition coefficient (Wildman–Crippen LogP) is 4.14. The summed E-state index contributed by atoms with van der Waals surface area (Å²) in [5.74, 6) is 0.685. The summed E-state index contributed by atoms with van der Waals surface area (Å²) in [4.78, 5) is 11.7. The van der Waals surface area contributed by atoms with E-state index in [0.717, 1.165) is 5.56 Å². The number of urea groups is 1. The third-order valence-corrected chi connectivity index (χ3v) is 2.94. The van der Waals surface area contributed by atoms with Crippen LogP contribution in [0.5, 0.6) is 5.75 Å². The van der Waals surface area contributed by atoms with E-state index in [1.165, 1.54) is 0 Å². The van der Waals surface area contributed by atoms with Crippen molar-refractivity contribution < 1.29 is 9.53 Å². The normalized spacial score (nSPS) is 10.4. The second-order valence-corrected chi connectivity index (χ2v) is 4.65. The predicted molar refractivity (Wildman–Crippen MR) is 85.6 cm³/mol. The molecule has 5 heteroatoms. The van der Waals surface area contributed by atoms with Gasteiger partial charge in [-0.05, 0) is 35.9 Å². The lowest BCUT2D eigenvalue weighted by atomic mass is 10.2. The topological polar surface area (TPSA) is 50.4 Å². The second-order valence-electron chi connectivity index (χ2n) is 4.22. The van der Waals surface area contributed by atoms with E-state index in [0.29, 0.717) is 16.5 Å². The summed E-state index contributed by atoms with van der Waals surface area (Å²) in [6.07, 6.45) is 3.35. The molecule has 0 bridgehead atoms. The van der Waals surface area contributed by atoms with Crippen molar-refractivity contribution in [3.63, 3.8) is 0 Å². The lowest BCUT2D eigenvalue weighted by Gasteiger charge is -2.06. The van der Waals surface area contributed by atoms with Crippen LogP contribution in [0.4, 0.5) is 10.5 Å². The van der Waals surface area contributed by atoms with Gasteiger partial charge in [-0.3, -0.25) is 0 Å². The number of anilines is 1. The van der Waals surface area contributed by atoms with Gasteiger partial charge in [-0.25, -0.2) is 4.79 Å². The molecule has 2 aromatic carbocycles. The zero-order valence-corrected chi connectivity index (χ0v) is 12.2. The number of carbonyl (C=O) groups excluding carboxylic acids is 1. The Morgan fingerprint density at radius 2 is 1.95 bits per heavy atom. The lowest BCUT2D eigenvalue weighted by Crippen LogP contribution is -2.23. The molecule has 108 valence electrons. The summed E-state index contributed by atoms with van der Waals surface area (Å²) >= 11 is 5.80. The fraction of sp³-hybridized carbons (Fsp3) is 0.0625. The molecule has 0 atom stereocenters. The summed E-state index contributed by atoms with van der Waals surface area (Å²) in [6.45, 7) is 0. The van der Waals surface area contributed by atoms with Crippen LogP contribution in [0, 0.1) is 0 Å². The van der Waals surface area contributed by atoms with Gasteiger partial charge in [-0.15, -0.1) is 0 Å². The van der Waals surface area contributed by atoms with E-state index >= 15 is 0 Å². The van der Waals surface area contributed by atoms with Gasteiger partial charge in [0.15, 0.2) is 0 Å². The number of methoxy groups -OCH3 is 1. The molecule has 21 heavy (non-hydrogen) atoms. The first kappa shape index (κ1) is 14.9. The van der Waals surface area contributed by atoms with Crippen molar-refractivity contribution in [2.45, 2.75) is 0 Å². The fourth-order valence-electron chi connectivity index (χ4n) is 1.66. The van der Waals surface area contributed by atoms with Gasteiger partial charge in [0.05, 0.1) is 7.11 Å². The Morgan fingerprint density at radius 3 is 2.67 bits per heavy atom. The van der Waals surface area contributed by atoms with Gasteiger partial charge in [0, 0.05) is 23.0 Å². The highest BCUT2D eigenvalue weighted by Gasteiger charge is 2.00. The summed E-state index contributed by atoms with van der Waals surface area (Å²) in [5.41, 5.74) is 1.60. The number of amides is 2. The number of hydrogen-bond donors (Lipinski definition) is 2. The lowest BCUT2D eigenvalue weighted by molar-refractivity contribution is 0.255. The van der Waals surface area contributed by atoms with Gasteiger partial charge < -0.3 is 15.4 Å². The third kappa shape index (κ3) is 4.85. The molecule has 4 nitrogen and oxygen atoms in total. The maximum absolute atomic E-state index is 11.7. The zero-order valence-electron chi connectivity index (χ0n) is 11.5. The van der Waals surface area contributed by atoms with Gasteiger partial charge in [0.2, 0.25) is 0 Å². The van der Waals surface area contributed by atoms with Crippen LogP contribution < -0.4 is 15.4 Å². The Kier molecular flexibility index (Phi) is 5.23. The number of ether oxygens (including phenoxy) is 1. The van der Waals surface area contributed by atoms with Crippen molar-refractivity contribution in [2.24, 2.45) is 0 Å². The standard InChI is InChI=1S/C16H15ClN2O2/c1-21-15-4-2-3-14(11-15)19-16(20)18-10-9-12-5-7-13(17)8-6-12/h2-11H,1H3,(H2,18,19,20)/b10-9+. The highest BCUT2D eigenvalue weighted by molar-refractivity contribution is 6.30. The molecule has 0 aliphatic heterocycles. The molecule has 0 aliphatic carbocycles. The maximum Gasteiger partial charge on any atom is 0.323 e. The Labute approximate surface area is 128 Å². The molecule has 0 saturated carbocycles. The van der Waals surface area contributed by atoms with E-state index in [2.05, 4.69) is 10.6 Å². The molecule has 0 fully saturated rings. The molecule has 0 heterocycles. The van der Waals surface area contributed by atoms with Crippen LogP contribution in [0.1, 0.15) is 5.56 Å². The molecule has 2 amide bonds.